The van der Waals surface area contributed by atoms with E-state index in [1.54, 1.807) is 0 Å². The molecule has 5 heteroatoms. The Labute approximate surface area is 155 Å². The molecule has 25 heavy (non-hydrogen) atoms. The van der Waals surface area contributed by atoms with Gasteiger partial charge in [0.15, 0.2) is 0 Å². The number of nitrogens with two attached hydrogens (primary N) is 1. The number of halogens is 1. The number of benzene rings is 2. The first-order chi connectivity index (χ1) is 11.8. The molecule has 0 saturated carbocycles. The number of nitrogens with one attached hydrogen (secondary N) is 1. The van der Waals surface area contributed by atoms with E-state index < -0.39 is 0 Å². The largest absolute Gasteiger partial charge is 0.492 e. The molecule has 4 nitrogen and oxygen atoms in total. The van der Waals surface area contributed by atoms with Crippen LogP contribution in [0.2, 0.25) is 0 Å². The third-order valence-electron chi connectivity index (χ3n) is 4.45. The number of hydrogen-bond acceptors (Lipinski definition) is 3. The average Bonchev–Trinajstić information content (AvgIpc) is 2.61. The quantitative estimate of drug-likeness (QED) is 0.821. The van der Waals surface area contributed by atoms with Crippen molar-refractivity contribution in [3.8, 4) is 5.75 Å². The highest BCUT2D eigenvalue weighted by atomic mass is 35.5. The number of aryl methyl sites for hydroxylation is 1. The zero-order chi connectivity index (χ0) is 16.8. The maximum atomic E-state index is 12.4. The Morgan fingerprint density at radius 3 is 2.68 bits per heavy atom. The summed E-state index contributed by atoms with van der Waals surface area (Å²) in [4.78, 5) is 12.4. The molecule has 1 amide bonds. The van der Waals surface area contributed by atoms with Crippen LogP contribution in [0.1, 0.15) is 36.3 Å². The third-order valence-corrected chi connectivity index (χ3v) is 4.45. The first-order valence-electron chi connectivity index (χ1n) is 8.57. The highest BCUT2D eigenvalue weighted by molar-refractivity contribution is 5.91. The molecule has 1 unspecified atom stereocenters. The molecular formula is C20H25ClN2O2. The molecule has 134 valence electrons. The van der Waals surface area contributed by atoms with Crippen molar-refractivity contribution in [3.05, 3.63) is 59.7 Å². The van der Waals surface area contributed by atoms with Crippen molar-refractivity contribution in [1.82, 2.24) is 0 Å². The molecule has 0 spiro atoms. The van der Waals surface area contributed by atoms with Crippen LogP contribution in [0.3, 0.4) is 0 Å². The van der Waals surface area contributed by atoms with E-state index in [4.69, 9.17) is 10.5 Å². The molecule has 3 rings (SSSR count). The molecule has 1 aliphatic carbocycles. The first kappa shape index (κ1) is 19.3. The van der Waals surface area contributed by atoms with Crippen LogP contribution in [-0.2, 0) is 11.2 Å². The monoisotopic (exact) mass is 360 g/mol. The summed E-state index contributed by atoms with van der Waals surface area (Å²) in [6.07, 6.45) is 3.89. The minimum absolute atomic E-state index is 0. The summed E-state index contributed by atoms with van der Waals surface area (Å²) in [7, 11) is 0. The van der Waals surface area contributed by atoms with E-state index in [1.807, 2.05) is 24.3 Å². The van der Waals surface area contributed by atoms with E-state index in [2.05, 4.69) is 29.6 Å². The van der Waals surface area contributed by atoms with Crippen molar-refractivity contribution in [2.24, 2.45) is 5.73 Å². The number of fused-ring (bicyclic) bond motifs is 1. The molecule has 0 aromatic heterocycles. The van der Waals surface area contributed by atoms with Gasteiger partial charge in [0.2, 0.25) is 5.91 Å². The van der Waals surface area contributed by atoms with Gasteiger partial charge < -0.3 is 15.8 Å². The van der Waals surface area contributed by atoms with Gasteiger partial charge in [0.25, 0.3) is 0 Å². The Bertz CT molecular complexity index is 688. The molecule has 2 aromatic rings. The molecule has 0 heterocycles. The fraction of sp³-hybridized carbons (Fsp3) is 0.350. The van der Waals surface area contributed by atoms with Gasteiger partial charge in [0, 0.05) is 18.7 Å². The SMILES string of the molecule is Cl.NCCOc1ccc(NC(=O)CC2CCCc3ccccc32)cc1. The number of amides is 1. The van der Waals surface area contributed by atoms with E-state index in [0.29, 0.717) is 25.5 Å². The van der Waals surface area contributed by atoms with Crippen molar-refractivity contribution in [1.29, 1.82) is 0 Å². The van der Waals surface area contributed by atoms with Crippen LogP contribution in [0.4, 0.5) is 5.69 Å². The molecule has 3 N–H and O–H groups in total. The lowest BCUT2D eigenvalue weighted by Crippen LogP contribution is -2.18. The third kappa shape index (κ3) is 5.21. The summed E-state index contributed by atoms with van der Waals surface area (Å²) < 4.78 is 5.44. The summed E-state index contributed by atoms with van der Waals surface area (Å²) >= 11 is 0. The van der Waals surface area contributed by atoms with Gasteiger partial charge in [0.05, 0.1) is 0 Å². The maximum Gasteiger partial charge on any atom is 0.224 e. The number of rotatable bonds is 6. The molecule has 0 aliphatic heterocycles. The van der Waals surface area contributed by atoms with E-state index in [0.717, 1.165) is 30.7 Å². The predicted octanol–water partition coefficient (Wildman–Crippen LogP) is 3.89. The molecule has 0 saturated heterocycles. The topological polar surface area (TPSA) is 64.3 Å². The van der Waals surface area contributed by atoms with Crippen molar-refractivity contribution >= 4 is 24.0 Å². The average molecular weight is 361 g/mol. The van der Waals surface area contributed by atoms with Crippen molar-refractivity contribution < 1.29 is 9.53 Å². The summed E-state index contributed by atoms with van der Waals surface area (Å²) in [6, 6.07) is 15.9. The van der Waals surface area contributed by atoms with Gasteiger partial charge in [0.1, 0.15) is 12.4 Å². The van der Waals surface area contributed by atoms with Crippen molar-refractivity contribution in [2.45, 2.75) is 31.6 Å². The van der Waals surface area contributed by atoms with Gasteiger partial charge in [-0.2, -0.15) is 0 Å². The van der Waals surface area contributed by atoms with Gasteiger partial charge in [-0.3, -0.25) is 4.79 Å². The van der Waals surface area contributed by atoms with E-state index in [1.165, 1.54) is 11.1 Å². The van der Waals surface area contributed by atoms with Crippen molar-refractivity contribution in [3.63, 3.8) is 0 Å². The fourth-order valence-electron chi connectivity index (χ4n) is 3.31. The number of carbonyl (C=O) groups excluding carboxylic acids is 1. The lowest BCUT2D eigenvalue weighted by Gasteiger charge is -2.25. The molecule has 0 fully saturated rings. The first-order valence-corrected chi connectivity index (χ1v) is 8.57. The Kier molecular flexibility index (Phi) is 7.29. The highest BCUT2D eigenvalue weighted by Gasteiger charge is 2.22. The predicted molar refractivity (Wildman–Crippen MR) is 104 cm³/mol. The lowest BCUT2D eigenvalue weighted by atomic mass is 9.81. The van der Waals surface area contributed by atoms with Crippen LogP contribution in [0.5, 0.6) is 5.75 Å². The fourth-order valence-corrected chi connectivity index (χ4v) is 3.31. The number of ether oxygens (including phenoxy) is 1. The van der Waals surface area contributed by atoms with Crippen LogP contribution in [0.15, 0.2) is 48.5 Å². The molecule has 2 aromatic carbocycles. The van der Waals surface area contributed by atoms with E-state index >= 15 is 0 Å². The summed E-state index contributed by atoms with van der Waals surface area (Å²) in [5, 5.41) is 2.98. The molecule has 0 bridgehead atoms. The van der Waals surface area contributed by atoms with Crippen LogP contribution in [-0.4, -0.2) is 19.1 Å². The van der Waals surface area contributed by atoms with Crippen LogP contribution >= 0.6 is 12.4 Å². The van der Waals surface area contributed by atoms with Gasteiger partial charge in [-0.1, -0.05) is 24.3 Å². The second kappa shape index (κ2) is 9.44. The smallest absolute Gasteiger partial charge is 0.224 e. The minimum atomic E-state index is 0. The Balaban J connectivity index is 0.00000225. The highest BCUT2D eigenvalue weighted by Crippen LogP contribution is 2.34. The second-order valence-corrected chi connectivity index (χ2v) is 6.20. The molecule has 0 radical (unpaired) electrons. The normalized spacial score (nSPS) is 15.6. The summed E-state index contributed by atoms with van der Waals surface area (Å²) in [5.74, 6) is 1.15. The van der Waals surface area contributed by atoms with E-state index in [9.17, 15) is 4.79 Å². The lowest BCUT2D eigenvalue weighted by molar-refractivity contribution is -0.116. The van der Waals surface area contributed by atoms with Crippen LogP contribution in [0, 0.1) is 0 Å². The van der Waals surface area contributed by atoms with Crippen molar-refractivity contribution in [2.75, 3.05) is 18.5 Å². The molecule has 1 atom stereocenters. The Morgan fingerprint density at radius 1 is 1.16 bits per heavy atom. The van der Waals surface area contributed by atoms with Gasteiger partial charge >= 0.3 is 0 Å². The maximum absolute atomic E-state index is 12.4. The Morgan fingerprint density at radius 2 is 1.92 bits per heavy atom. The number of hydrogen-bond donors (Lipinski definition) is 2. The molecular weight excluding hydrogens is 336 g/mol. The summed E-state index contributed by atoms with van der Waals surface area (Å²) in [5.41, 5.74) is 8.94. The Hall–Kier alpha value is -2.04. The standard InChI is InChI=1S/C20H24N2O2.ClH/c21-12-13-24-18-10-8-17(9-11-18)22-20(23)14-16-6-3-5-15-4-1-2-7-19(15)16;/h1-2,4,7-11,16H,3,5-6,12-14,21H2,(H,22,23);1H. The second-order valence-electron chi connectivity index (χ2n) is 6.20. The van der Waals surface area contributed by atoms with Gasteiger partial charge in [-0.15, -0.1) is 12.4 Å². The minimum Gasteiger partial charge on any atom is -0.492 e. The van der Waals surface area contributed by atoms with Crippen LogP contribution < -0.4 is 15.8 Å². The molecule has 1 aliphatic rings. The zero-order valence-corrected chi connectivity index (χ0v) is 15.1. The van der Waals surface area contributed by atoms with E-state index in [-0.39, 0.29) is 18.3 Å². The van der Waals surface area contributed by atoms with Crippen LogP contribution in [0.25, 0.3) is 0 Å². The van der Waals surface area contributed by atoms with Gasteiger partial charge in [-0.05, 0) is 60.6 Å². The van der Waals surface area contributed by atoms with Gasteiger partial charge in [-0.25, -0.2) is 0 Å². The summed E-state index contributed by atoms with van der Waals surface area (Å²) in [6.45, 7) is 0.980. The zero-order valence-electron chi connectivity index (χ0n) is 14.2. The number of carbonyl (C=O) groups is 1. The number of anilines is 1.